The van der Waals surface area contributed by atoms with Crippen molar-refractivity contribution in [3.05, 3.63) is 24.3 Å². The van der Waals surface area contributed by atoms with E-state index >= 15 is 0 Å². The van der Waals surface area contributed by atoms with E-state index in [1.54, 1.807) is 0 Å². The molecule has 0 aromatic carbocycles. The predicted molar refractivity (Wildman–Crippen MR) is 68.9 cm³/mol. The van der Waals surface area contributed by atoms with Gasteiger partial charge in [-0.2, -0.15) is 0 Å². The molecule has 1 aliphatic carbocycles. The lowest BCUT2D eigenvalue weighted by Crippen LogP contribution is -2.08. The molecule has 0 nitrogen and oxygen atoms in total. The van der Waals surface area contributed by atoms with Crippen molar-refractivity contribution in [3.8, 4) is 0 Å². The summed E-state index contributed by atoms with van der Waals surface area (Å²) in [5.74, 6) is 2.12. The quantitative estimate of drug-likeness (QED) is 0.570. The van der Waals surface area contributed by atoms with Crippen molar-refractivity contribution in [2.45, 2.75) is 52.9 Å². The molecule has 1 saturated carbocycles. The predicted octanol–water partition coefficient (Wildman–Crippen LogP) is 4.97. The van der Waals surface area contributed by atoms with Gasteiger partial charge < -0.3 is 0 Å². The Balaban J connectivity index is 2.38. The molecular formula is C15H26. The van der Waals surface area contributed by atoms with Crippen molar-refractivity contribution in [2.24, 2.45) is 17.8 Å². The highest BCUT2D eigenvalue weighted by Crippen LogP contribution is 2.26. The summed E-state index contributed by atoms with van der Waals surface area (Å²) in [4.78, 5) is 0. The monoisotopic (exact) mass is 206 g/mol. The second-order valence-corrected chi connectivity index (χ2v) is 5.28. The van der Waals surface area contributed by atoms with Gasteiger partial charge in [-0.25, -0.2) is 0 Å². The van der Waals surface area contributed by atoms with Crippen LogP contribution in [0.4, 0.5) is 0 Å². The van der Waals surface area contributed by atoms with Gasteiger partial charge in [0.25, 0.3) is 0 Å². The molecule has 15 heavy (non-hydrogen) atoms. The van der Waals surface area contributed by atoms with Crippen LogP contribution < -0.4 is 0 Å². The molecule has 0 aromatic rings. The Kier molecular flexibility index (Phi) is 5.14. The first-order valence-electron chi connectivity index (χ1n) is 6.45. The fourth-order valence-corrected chi connectivity index (χ4v) is 2.27. The standard InChI is InChI=1S/C15H26/c1-12(2)14(4)13(3)10-11-15-8-6-5-7-9-15/h10-11,13-15H,1,5-9H2,2-4H3/b11-10+/t13-,14-/m0/s1. The van der Waals surface area contributed by atoms with Crippen LogP contribution in [0.15, 0.2) is 24.3 Å². The van der Waals surface area contributed by atoms with Crippen LogP contribution in [0.5, 0.6) is 0 Å². The van der Waals surface area contributed by atoms with Gasteiger partial charge in [0.1, 0.15) is 0 Å². The van der Waals surface area contributed by atoms with Crippen molar-refractivity contribution in [1.82, 2.24) is 0 Å². The van der Waals surface area contributed by atoms with Crippen LogP contribution in [0.25, 0.3) is 0 Å². The lowest BCUT2D eigenvalue weighted by molar-refractivity contribution is 0.415. The van der Waals surface area contributed by atoms with Gasteiger partial charge in [-0.1, -0.05) is 57.4 Å². The Morgan fingerprint density at radius 1 is 1.20 bits per heavy atom. The minimum atomic E-state index is 0.616. The van der Waals surface area contributed by atoms with Crippen LogP contribution in [0.3, 0.4) is 0 Å². The number of hydrogen-bond donors (Lipinski definition) is 0. The van der Waals surface area contributed by atoms with Crippen LogP contribution in [0.2, 0.25) is 0 Å². The van der Waals surface area contributed by atoms with Crippen LogP contribution in [0.1, 0.15) is 52.9 Å². The minimum absolute atomic E-state index is 0.616. The highest BCUT2D eigenvalue weighted by Gasteiger charge is 2.12. The van der Waals surface area contributed by atoms with E-state index in [2.05, 4.69) is 39.5 Å². The first-order valence-corrected chi connectivity index (χ1v) is 6.45. The normalized spacial score (nSPS) is 22.9. The summed E-state index contributed by atoms with van der Waals surface area (Å²) < 4.78 is 0. The van der Waals surface area contributed by atoms with Gasteiger partial charge in [0.2, 0.25) is 0 Å². The van der Waals surface area contributed by atoms with Crippen molar-refractivity contribution in [1.29, 1.82) is 0 Å². The fraction of sp³-hybridized carbons (Fsp3) is 0.733. The molecule has 0 amide bonds. The van der Waals surface area contributed by atoms with Crippen molar-refractivity contribution in [2.75, 3.05) is 0 Å². The molecule has 0 aromatic heterocycles. The molecule has 0 aliphatic heterocycles. The van der Waals surface area contributed by atoms with E-state index in [0.717, 1.165) is 5.92 Å². The minimum Gasteiger partial charge on any atom is -0.0998 e. The average Bonchev–Trinajstić information content (AvgIpc) is 2.26. The average molecular weight is 206 g/mol. The molecule has 1 aliphatic rings. The third kappa shape index (κ3) is 4.24. The van der Waals surface area contributed by atoms with Gasteiger partial charge in [0.05, 0.1) is 0 Å². The Morgan fingerprint density at radius 2 is 1.80 bits per heavy atom. The van der Waals surface area contributed by atoms with Crippen molar-refractivity contribution in [3.63, 3.8) is 0 Å². The van der Waals surface area contributed by atoms with E-state index in [9.17, 15) is 0 Å². The van der Waals surface area contributed by atoms with E-state index in [-0.39, 0.29) is 0 Å². The highest BCUT2D eigenvalue weighted by atomic mass is 14.2. The zero-order valence-electron chi connectivity index (χ0n) is 10.6. The van der Waals surface area contributed by atoms with Gasteiger partial charge in [0.15, 0.2) is 0 Å². The summed E-state index contributed by atoms with van der Waals surface area (Å²) >= 11 is 0. The molecular weight excluding hydrogens is 180 g/mol. The molecule has 1 rings (SSSR count). The molecule has 0 unspecified atom stereocenters. The van der Waals surface area contributed by atoms with Gasteiger partial charge >= 0.3 is 0 Å². The summed E-state index contributed by atoms with van der Waals surface area (Å²) in [6.45, 7) is 10.8. The van der Waals surface area contributed by atoms with Crippen LogP contribution >= 0.6 is 0 Å². The van der Waals surface area contributed by atoms with Crippen LogP contribution in [-0.4, -0.2) is 0 Å². The Hall–Kier alpha value is -0.520. The van der Waals surface area contributed by atoms with Crippen molar-refractivity contribution < 1.29 is 0 Å². The molecule has 1 fully saturated rings. The molecule has 0 saturated heterocycles. The molecule has 86 valence electrons. The smallest absolute Gasteiger partial charge is 0.0177 e. The number of hydrogen-bond acceptors (Lipinski definition) is 0. The van der Waals surface area contributed by atoms with Crippen LogP contribution in [0, 0.1) is 17.8 Å². The molecule has 0 N–H and O–H groups in total. The Labute approximate surface area is 95.5 Å². The van der Waals surface area contributed by atoms with Gasteiger partial charge in [0, 0.05) is 0 Å². The Bertz CT molecular complexity index is 218. The summed E-state index contributed by atoms with van der Waals surface area (Å²) in [5, 5.41) is 0. The van der Waals surface area contributed by atoms with E-state index in [4.69, 9.17) is 0 Å². The second kappa shape index (κ2) is 6.15. The third-order valence-corrected chi connectivity index (χ3v) is 3.90. The van der Waals surface area contributed by atoms with E-state index in [0.29, 0.717) is 11.8 Å². The second-order valence-electron chi connectivity index (χ2n) is 5.28. The molecule has 0 heterocycles. The number of rotatable bonds is 4. The topological polar surface area (TPSA) is 0 Å². The van der Waals surface area contributed by atoms with Crippen molar-refractivity contribution >= 4 is 0 Å². The fourth-order valence-electron chi connectivity index (χ4n) is 2.27. The third-order valence-electron chi connectivity index (χ3n) is 3.90. The molecule has 0 heteroatoms. The van der Waals surface area contributed by atoms with Gasteiger partial charge in [-0.05, 0) is 37.5 Å². The highest BCUT2D eigenvalue weighted by molar-refractivity contribution is 5.03. The van der Waals surface area contributed by atoms with E-state index in [1.807, 2.05) is 0 Å². The number of allylic oxidation sites excluding steroid dienone is 3. The molecule has 0 spiro atoms. The largest absolute Gasteiger partial charge is 0.0998 e. The summed E-state index contributed by atoms with van der Waals surface area (Å²) in [6.07, 6.45) is 12.0. The zero-order valence-corrected chi connectivity index (χ0v) is 10.6. The maximum atomic E-state index is 4.04. The molecule has 0 bridgehead atoms. The van der Waals surface area contributed by atoms with E-state index in [1.165, 1.54) is 37.7 Å². The van der Waals surface area contributed by atoms with Gasteiger partial charge in [-0.15, -0.1) is 0 Å². The first kappa shape index (κ1) is 12.5. The van der Waals surface area contributed by atoms with Crippen LogP contribution in [-0.2, 0) is 0 Å². The zero-order chi connectivity index (χ0) is 11.3. The van der Waals surface area contributed by atoms with Gasteiger partial charge in [-0.3, -0.25) is 0 Å². The lowest BCUT2D eigenvalue weighted by atomic mass is 9.85. The summed E-state index contributed by atoms with van der Waals surface area (Å²) in [7, 11) is 0. The Morgan fingerprint density at radius 3 is 2.33 bits per heavy atom. The SMILES string of the molecule is C=C(C)[C@H](C)[C@@H](C)/C=C/C1CCCCC1. The maximum absolute atomic E-state index is 4.04. The van der Waals surface area contributed by atoms with E-state index < -0.39 is 0 Å². The maximum Gasteiger partial charge on any atom is -0.0177 e. The molecule has 0 radical (unpaired) electrons. The molecule has 2 atom stereocenters. The summed E-state index contributed by atoms with van der Waals surface area (Å²) in [6, 6.07) is 0. The first-order chi connectivity index (χ1) is 7.11. The summed E-state index contributed by atoms with van der Waals surface area (Å²) in [5.41, 5.74) is 1.30. The lowest BCUT2D eigenvalue weighted by Gasteiger charge is -2.20.